The summed E-state index contributed by atoms with van der Waals surface area (Å²) in [6, 6.07) is 5.64. The lowest BCUT2D eigenvalue weighted by Crippen LogP contribution is -2.50. The van der Waals surface area contributed by atoms with Crippen LogP contribution in [0.25, 0.3) is 0 Å². The molecule has 1 saturated heterocycles. The maximum Gasteiger partial charge on any atom is 0.242 e. The molecule has 0 unspecified atom stereocenters. The molecule has 0 aromatic heterocycles. The molecule has 1 N–H and O–H groups in total. The Morgan fingerprint density at radius 2 is 1.85 bits per heavy atom. The Morgan fingerprint density at radius 3 is 2.50 bits per heavy atom. The van der Waals surface area contributed by atoms with Gasteiger partial charge in [0.25, 0.3) is 0 Å². The third-order valence-corrected chi connectivity index (χ3v) is 5.39. The number of hydrogen-bond acceptors (Lipinski definition) is 3. The van der Waals surface area contributed by atoms with Gasteiger partial charge in [0.2, 0.25) is 11.8 Å². The van der Waals surface area contributed by atoms with Crippen LogP contribution in [-0.2, 0) is 16.1 Å². The number of nitrogens with zero attached hydrogens (tertiary/aromatic N) is 2. The lowest BCUT2D eigenvalue weighted by Gasteiger charge is -2.35. The highest BCUT2D eigenvalue weighted by Gasteiger charge is 2.22. The highest BCUT2D eigenvalue weighted by atomic mass is 35.5. The van der Waals surface area contributed by atoms with Gasteiger partial charge < -0.3 is 10.2 Å². The second-order valence-corrected chi connectivity index (χ2v) is 7.86. The van der Waals surface area contributed by atoms with Gasteiger partial charge in [-0.25, -0.2) is 0 Å². The standard InChI is InChI=1S/C19H27Cl2N3O2/c1-14(2)6-7-17(25)22-12-18(26)24-10-8-23(9-11-24)13-15-4-3-5-16(20)19(15)21/h3-5,14H,6-13H2,1-2H3,(H,22,25). The maximum absolute atomic E-state index is 12.3. The van der Waals surface area contributed by atoms with Crippen molar-refractivity contribution in [2.75, 3.05) is 32.7 Å². The lowest BCUT2D eigenvalue weighted by molar-refractivity contribution is -0.134. The number of halogens is 2. The molecule has 1 aliphatic heterocycles. The summed E-state index contributed by atoms with van der Waals surface area (Å²) in [5, 5.41) is 3.88. The molecule has 1 aliphatic rings. The Balaban J connectivity index is 1.73. The van der Waals surface area contributed by atoms with Gasteiger partial charge in [-0.2, -0.15) is 0 Å². The van der Waals surface area contributed by atoms with Crippen molar-refractivity contribution >= 4 is 35.0 Å². The summed E-state index contributed by atoms with van der Waals surface area (Å²) in [7, 11) is 0. The predicted molar refractivity (Wildman–Crippen MR) is 105 cm³/mol. The van der Waals surface area contributed by atoms with Crippen molar-refractivity contribution in [1.29, 1.82) is 0 Å². The van der Waals surface area contributed by atoms with Crippen molar-refractivity contribution in [2.24, 2.45) is 5.92 Å². The first-order valence-electron chi connectivity index (χ1n) is 9.06. The van der Waals surface area contributed by atoms with E-state index in [0.29, 0.717) is 42.0 Å². The largest absolute Gasteiger partial charge is 0.347 e. The van der Waals surface area contributed by atoms with Crippen molar-refractivity contribution in [1.82, 2.24) is 15.1 Å². The topological polar surface area (TPSA) is 52.7 Å². The molecule has 0 radical (unpaired) electrons. The van der Waals surface area contributed by atoms with E-state index >= 15 is 0 Å². The Morgan fingerprint density at radius 1 is 1.15 bits per heavy atom. The molecule has 7 heteroatoms. The average Bonchev–Trinajstić information content (AvgIpc) is 2.62. The predicted octanol–water partition coefficient (Wildman–Crippen LogP) is 3.19. The number of carbonyl (C=O) groups is 2. The van der Waals surface area contributed by atoms with Crippen LogP contribution in [0, 0.1) is 5.92 Å². The molecule has 1 fully saturated rings. The zero-order valence-electron chi connectivity index (χ0n) is 15.4. The Bertz CT molecular complexity index is 629. The molecule has 0 spiro atoms. The fraction of sp³-hybridized carbons (Fsp3) is 0.579. The molecule has 0 bridgehead atoms. The normalized spacial score (nSPS) is 15.3. The molecule has 144 valence electrons. The number of piperazine rings is 1. The second-order valence-electron chi connectivity index (χ2n) is 7.08. The number of amides is 2. The lowest BCUT2D eigenvalue weighted by atomic mass is 10.1. The quantitative estimate of drug-likeness (QED) is 0.765. The van der Waals surface area contributed by atoms with Gasteiger partial charge in [-0.15, -0.1) is 0 Å². The van der Waals surface area contributed by atoms with Crippen LogP contribution in [0.5, 0.6) is 0 Å². The Kier molecular flexibility index (Phi) is 8.19. The van der Waals surface area contributed by atoms with Crippen molar-refractivity contribution in [2.45, 2.75) is 33.2 Å². The van der Waals surface area contributed by atoms with Crippen molar-refractivity contribution < 1.29 is 9.59 Å². The van der Waals surface area contributed by atoms with Gasteiger partial charge in [-0.1, -0.05) is 49.2 Å². The summed E-state index contributed by atoms with van der Waals surface area (Å²) in [5.41, 5.74) is 0.997. The summed E-state index contributed by atoms with van der Waals surface area (Å²) in [6.07, 6.45) is 1.31. The van der Waals surface area contributed by atoms with Crippen LogP contribution in [0.2, 0.25) is 10.0 Å². The zero-order chi connectivity index (χ0) is 19.1. The van der Waals surface area contributed by atoms with Gasteiger partial charge in [0, 0.05) is 39.1 Å². The average molecular weight is 400 g/mol. The summed E-state index contributed by atoms with van der Waals surface area (Å²) < 4.78 is 0. The molecule has 1 heterocycles. The fourth-order valence-electron chi connectivity index (χ4n) is 2.86. The third-order valence-electron chi connectivity index (χ3n) is 4.54. The molecular formula is C19H27Cl2N3O2. The summed E-state index contributed by atoms with van der Waals surface area (Å²) in [5.74, 6) is 0.405. The van der Waals surface area contributed by atoms with E-state index < -0.39 is 0 Å². The fourth-order valence-corrected chi connectivity index (χ4v) is 3.24. The van der Waals surface area contributed by atoms with Crippen molar-refractivity contribution in [3.8, 4) is 0 Å². The summed E-state index contributed by atoms with van der Waals surface area (Å²) in [6.45, 7) is 7.80. The van der Waals surface area contributed by atoms with Gasteiger partial charge in [0.1, 0.15) is 0 Å². The van der Waals surface area contributed by atoms with E-state index in [1.54, 1.807) is 11.0 Å². The van der Waals surface area contributed by atoms with Crippen molar-refractivity contribution in [3.05, 3.63) is 33.8 Å². The highest BCUT2D eigenvalue weighted by molar-refractivity contribution is 6.42. The molecule has 1 aromatic carbocycles. The first-order chi connectivity index (χ1) is 12.4. The third kappa shape index (κ3) is 6.45. The molecule has 0 atom stereocenters. The second kappa shape index (κ2) is 10.1. The summed E-state index contributed by atoms with van der Waals surface area (Å²) >= 11 is 12.3. The van der Waals surface area contributed by atoms with E-state index in [0.717, 1.165) is 25.1 Å². The molecular weight excluding hydrogens is 373 g/mol. The van der Waals surface area contributed by atoms with E-state index in [1.165, 1.54) is 0 Å². The van der Waals surface area contributed by atoms with Gasteiger partial charge in [0.05, 0.1) is 16.6 Å². The van der Waals surface area contributed by atoms with Crippen LogP contribution in [-0.4, -0.2) is 54.3 Å². The van der Waals surface area contributed by atoms with Crippen LogP contribution in [0.1, 0.15) is 32.3 Å². The molecule has 26 heavy (non-hydrogen) atoms. The first kappa shape index (κ1) is 21.0. The van der Waals surface area contributed by atoms with Gasteiger partial charge in [-0.05, 0) is 24.0 Å². The van der Waals surface area contributed by atoms with Crippen LogP contribution < -0.4 is 5.32 Å². The highest BCUT2D eigenvalue weighted by Crippen LogP contribution is 2.26. The number of benzene rings is 1. The minimum absolute atomic E-state index is 0.0247. The molecule has 0 saturated carbocycles. The SMILES string of the molecule is CC(C)CCC(=O)NCC(=O)N1CCN(Cc2cccc(Cl)c2Cl)CC1. The zero-order valence-corrected chi connectivity index (χ0v) is 16.9. The number of rotatable bonds is 7. The van der Waals surface area contributed by atoms with E-state index in [4.69, 9.17) is 23.2 Å². The number of hydrogen-bond donors (Lipinski definition) is 1. The van der Waals surface area contributed by atoms with Gasteiger partial charge in [-0.3, -0.25) is 14.5 Å². The van der Waals surface area contributed by atoms with E-state index in [1.807, 2.05) is 12.1 Å². The Hall–Kier alpha value is -1.30. The van der Waals surface area contributed by atoms with Crippen LogP contribution >= 0.6 is 23.2 Å². The van der Waals surface area contributed by atoms with E-state index in [-0.39, 0.29) is 18.4 Å². The van der Waals surface area contributed by atoms with Gasteiger partial charge >= 0.3 is 0 Å². The van der Waals surface area contributed by atoms with Crippen molar-refractivity contribution in [3.63, 3.8) is 0 Å². The Labute approximate surface area is 165 Å². The maximum atomic E-state index is 12.3. The number of nitrogens with one attached hydrogen (secondary N) is 1. The van der Waals surface area contributed by atoms with E-state index in [9.17, 15) is 9.59 Å². The smallest absolute Gasteiger partial charge is 0.242 e. The molecule has 1 aromatic rings. The first-order valence-corrected chi connectivity index (χ1v) is 9.82. The molecule has 5 nitrogen and oxygen atoms in total. The monoisotopic (exact) mass is 399 g/mol. The van der Waals surface area contributed by atoms with E-state index in [2.05, 4.69) is 24.1 Å². The van der Waals surface area contributed by atoms with Crippen LogP contribution in [0.15, 0.2) is 18.2 Å². The van der Waals surface area contributed by atoms with Crippen LogP contribution in [0.4, 0.5) is 0 Å². The molecule has 2 amide bonds. The van der Waals surface area contributed by atoms with Gasteiger partial charge in [0.15, 0.2) is 0 Å². The molecule has 0 aliphatic carbocycles. The number of carbonyl (C=O) groups excluding carboxylic acids is 2. The minimum Gasteiger partial charge on any atom is -0.347 e. The van der Waals surface area contributed by atoms with Crippen LogP contribution in [0.3, 0.4) is 0 Å². The summed E-state index contributed by atoms with van der Waals surface area (Å²) in [4.78, 5) is 28.1. The minimum atomic E-state index is -0.0544. The molecule has 2 rings (SSSR count).